The molecule has 0 bridgehead atoms. The van der Waals surface area contributed by atoms with E-state index in [9.17, 15) is 26.4 Å². The minimum atomic E-state index is -4.34. The largest absolute Gasteiger partial charge is 0.493 e. The number of aromatic nitrogens is 2. The van der Waals surface area contributed by atoms with Crippen molar-refractivity contribution in [1.82, 2.24) is 14.7 Å². The van der Waals surface area contributed by atoms with Crippen molar-refractivity contribution in [2.24, 2.45) is 5.92 Å². The zero-order chi connectivity index (χ0) is 29.1. The summed E-state index contributed by atoms with van der Waals surface area (Å²) >= 11 is 0. The van der Waals surface area contributed by atoms with Gasteiger partial charge in [-0.05, 0) is 62.1 Å². The van der Waals surface area contributed by atoms with Crippen LogP contribution < -0.4 is 14.2 Å². The molecule has 1 aliphatic rings. The predicted octanol–water partition coefficient (Wildman–Crippen LogP) is 6.19. The number of alkyl halides is 2. The second-order valence-corrected chi connectivity index (χ2v) is 11.8. The molecule has 0 aliphatic heterocycles. The Morgan fingerprint density at radius 1 is 1.12 bits per heavy atom. The number of halogens is 3. The summed E-state index contributed by atoms with van der Waals surface area (Å²) in [4.78, 5) is 21.5. The molecule has 0 spiro atoms. The highest BCUT2D eigenvalue weighted by Gasteiger charge is 2.36. The van der Waals surface area contributed by atoms with E-state index < -0.39 is 46.6 Å². The van der Waals surface area contributed by atoms with Gasteiger partial charge in [0.15, 0.2) is 5.03 Å². The summed E-state index contributed by atoms with van der Waals surface area (Å²) in [6.45, 7) is 5.87. The van der Waals surface area contributed by atoms with Crippen LogP contribution in [0, 0.1) is 18.7 Å². The number of pyridine rings is 2. The summed E-state index contributed by atoms with van der Waals surface area (Å²) in [6, 6.07) is 11.1. The average Bonchev–Trinajstić information content (AvgIpc) is 2.88. The van der Waals surface area contributed by atoms with Crippen molar-refractivity contribution < 1.29 is 38.7 Å². The van der Waals surface area contributed by atoms with Gasteiger partial charge in [-0.1, -0.05) is 19.9 Å². The molecule has 218 valence electrons. The zero-order valence-electron chi connectivity index (χ0n) is 22.3. The van der Waals surface area contributed by atoms with Crippen LogP contribution in [0.2, 0.25) is 0 Å². The fraction of sp³-hybridized carbons (Fsp3) is 0.393. The highest BCUT2D eigenvalue weighted by atomic mass is 32.2. The molecule has 1 saturated carbocycles. The summed E-state index contributed by atoms with van der Waals surface area (Å²) in [6.07, 6.45) is -1.45. The molecule has 1 amide bonds. The lowest BCUT2D eigenvalue weighted by atomic mass is 9.94. The molecule has 12 heteroatoms. The first-order chi connectivity index (χ1) is 18.8. The topological polar surface area (TPSA) is 107 Å². The molecular weight excluding hydrogens is 547 g/mol. The fourth-order valence-electron chi connectivity index (χ4n) is 4.11. The first-order valence-corrected chi connectivity index (χ1v) is 14.3. The molecule has 40 heavy (non-hydrogen) atoms. The summed E-state index contributed by atoms with van der Waals surface area (Å²) in [5.41, 5.74) is 0.739. The van der Waals surface area contributed by atoms with Crippen LogP contribution in [-0.2, 0) is 10.0 Å². The molecule has 1 aliphatic carbocycles. The number of nitrogens with zero attached hydrogens (tertiary/aromatic N) is 2. The van der Waals surface area contributed by atoms with E-state index in [1.807, 2.05) is 18.6 Å². The molecule has 1 fully saturated rings. The van der Waals surface area contributed by atoms with Gasteiger partial charge in [-0.3, -0.25) is 4.79 Å². The number of rotatable bonds is 9. The molecule has 8 nitrogen and oxygen atoms in total. The molecular formula is C28H34F3N3O5S. The first-order valence-electron chi connectivity index (χ1n) is 12.8. The summed E-state index contributed by atoms with van der Waals surface area (Å²) in [7, 11) is -4.34. The number of hydrogen-bond donors (Lipinski definition) is 1. The monoisotopic (exact) mass is 581 g/mol. The highest BCUT2D eigenvalue weighted by Crippen LogP contribution is 2.36. The molecule has 1 N–H and O–H groups in total. The van der Waals surface area contributed by atoms with E-state index in [1.165, 1.54) is 36.4 Å². The van der Waals surface area contributed by atoms with Gasteiger partial charge in [-0.2, -0.15) is 8.42 Å². The van der Waals surface area contributed by atoms with Crippen LogP contribution in [0.15, 0.2) is 53.6 Å². The van der Waals surface area contributed by atoms with Gasteiger partial charge in [0, 0.05) is 33.0 Å². The number of nitrogens with one attached hydrogen (secondary N) is 1. The molecule has 0 unspecified atom stereocenters. The maximum absolute atomic E-state index is 14.4. The standard InChI is InChI=1S/C28H30F3N3O5S.2H2/c1-17(2)16-38-22-14-19(13-20(29)15-22)24-8-7-23(27(33-24)39-21-9-11-28(30,31)12-10-21)26(35)34-40(36,37)25-6-4-5-18(3)32-25;;/h4-8,13-15,17,21H,9-12,16H2,1-3H3,(H,34,35);2*1H. The van der Waals surface area contributed by atoms with Crippen LogP contribution in [0.5, 0.6) is 11.6 Å². The maximum atomic E-state index is 14.4. The van der Waals surface area contributed by atoms with Crippen LogP contribution in [0.3, 0.4) is 0 Å². The van der Waals surface area contributed by atoms with Crippen molar-refractivity contribution >= 4 is 15.9 Å². The van der Waals surface area contributed by atoms with Crippen LogP contribution in [0.25, 0.3) is 11.3 Å². The second kappa shape index (κ2) is 11.8. The third kappa shape index (κ3) is 7.50. The number of ether oxygens (including phenoxy) is 2. The molecule has 0 atom stereocenters. The van der Waals surface area contributed by atoms with Gasteiger partial charge >= 0.3 is 0 Å². The van der Waals surface area contributed by atoms with E-state index in [2.05, 4.69) is 9.97 Å². The zero-order valence-corrected chi connectivity index (χ0v) is 23.1. The Balaban J connectivity index is 0.00000308. The van der Waals surface area contributed by atoms with Gasteiger partial charge in [-0.15, -0.1) is 0 Å². The van der Waals surface area contributed by atoms with Crippen molar-refractivity contribution in [3.05, 3.63) is 65.6 Å². The number of aryl methyl sites for hydroxylation is 1. The van der Waals surface area contributed by atoms with Gasteiger partial charge in [-0.25, -0.2) is 27.9 Å². The quantitative estimate of drug-likeness (QED) is 0.321. The number of carbonyl (C=O) groups is 1. The van der Waals surface area contributed by atoms with Crippen molar-refractivity contribution in [3.63, 3.8) is 0 Å². The van der Waals surface area contributed by atoms with E-state index in [0.717, 1.165) is 0 Å². The number of hydrogen-bond acceptors (Lipinski definition) is 7. The smallest absolute Gasteiger partial charge is 0.281 e. The molecule has 0 radical (unpaired) electrons. The molecule has 2 aromatic heterocycles. The SMILES string of the molecule is Cc1cccc(S(=O)(=O)NC(=O)c2ccc(-c3cc(F)cc(OCC(C)C)c3)nc2OC2CCC(F)(F)CC2)n1.[HH].[HH]. The van der Waals surface area contributed by atoms with Gasteiger partial charge in [0.2, 0.25) is 11.8 Å². The van der Waals surface area contributed by atoms with Gasteiger partial charge in [0.05, 0.1) is 12.3 Å². The van der Waals surface area contributed by atoms with Crippen molar-refractivity contribution in [2.45, 2.75) is 63.5 Å². The normalized spacial score (nSPS) is 15.6. The Morgan fingerprint density at radius 2 is 1.85 bits per heavy atom. The van der Waals surface area contributed by atoms with Crippen LogP contribution in [0.1, 0.15) is 58.4 Å². The molecule has 1 aromatic carbocycles. The van der Waals surface area contributed by atoms with E-state index >= 15 is 0 Å². The van der Waals surface area contributed by atoms with Crippen LogP contribution in [0.4, 0.5) is 13.2 Å². The Kier molecular flexibility index (Phi) is 8.67. The van der Waals surface area contributed by atoms with Gasteiger partial charge < -0.3 is 9.47 Å². The Bertz CT molecular complexity index is 1500. The van der Waals surface area contributed by atoms with Crippen molar-refractivity contribution in [1.29, 1.82) is 0 Å². The number of benzene rings is 1. The van der Waals surface area contributed by atoms with Crippen LogP contribution in [-0.4, -0.2) is 42.9 Å². The summed E-state index contributed by atoms with van der Waals surface area (Å²) in [5.74, 6) is -4.20. The second-order valence-electron chi connectivity index (χ2n) is 10.2. The molecule has 3 aromatic rings. The van der Waals surface area contributed by atoms with Crippen molar-refractivity contribution in [2.75, 3.05) is 6.61 Å². The van der Waals surface area contributed by atoms with E-state index in [4.69, 9.17) is 9.47 Å². The summed E-state index contributed by atoms with van der Waals surface area (Å²) in [5, 5.41) is -0.351. The first kappa shape index (κ1) is 29.3. The van der Waals surface area contributed by atoms with E-state index in [1.54, 1.807) is 19.1 Å². The summed E-state index contributed by atoms with van der Waals surface area (Å²) < 4.78 is 81.0. The number of sulfonamides is 1. The molecule has 4 rings (SSSR count). The van der Waals surface area contributed by atoms with Crippen LogP contribution >= 0.6 is 0 Å². The molecule has 2 heterocycles. The lowest BCUT2D eigenvalue weighted by molar-refractivity contribution is -0.0588. The third-order valence-corrected chi connectivity index (χ3v) is 7.40. The third-order valence-electron chi connectivity index (χ3n) is 6.16. The number of carbonyl (C=O) groups excluding carboxylic acids is 1. The maximum Gasteiger partial charge on any atom is 0.281 e. The minimum absolute atomic E-state index is 0. The van der Waals surface area contributed by atoms with E-state index in [-0.39, 0.29) is 49.5 Å². The average molecular weight is 582 g/mol. The highest BCUT2D eigenvalue weighted by molar-refractivity contribution is 7.90. The van der Waals surface area contributed by atoms with Gasteiger partial charge in [0.1, 0.15) is 23.2 Å². The minimum Gasteiger partial charge on any atom is -0.493 e. The number of amides is 1. The predicted molar refractivity (Wildman–Crippen MR) is 146 cm³/mol. The lowest BCUT2D eigenvalue weighted by Gasteiger charge is -2.28. The van der Waals surface area contributed by atoms with Gasteiger partial charge in [0.25, 0.3) is 15.9 Å². The van der Waals surface area contributed by atoms with Crippen molar-refractivity contribution in [3.8, 4) is 22.9 Å². The lowest BCUT2D eigenvalue weighted by Crippen LogP contribution is -2.33. The Morgan fingerprint density at radius 3 is 2.52 bits per heavy atom. The Hall–Kier alpha value is -3.67. The fourth-order valence-corrected chi connectivity index (χ4v) is 5.09. The Labute approximate surface area is 234 Å². The molecule has 0 saturated heterocycles. The van der Waals surface area contributed by atoms with E-state index in [0.29, 0.717) is 17.9 Å².